The number of hydrogen-bond acceptors (Lipinski definition) is 12. The second-order valence-corrected chi connectivity index (χ2v) is 8.78. The minimum atomic E-state index is -1.75. The zero-order valence-corrected chi connectivity index (χ0v) is 19.1. The number of ether oxygens (including phenoxy) is 3. The molecule has 1 saturated heterocycles. The van der Waals surface area contributed by atoms with Crippen molar-refractivity contribution in [2.75, 3.05) is 6.61 Å². The average Bonchev–Trinajstić information content (AvgIpc) is 2.78. The number of fused-ring (bicyclic) bond motifs is 1. The Balaban J connectivity index is 1.64. The second kappa shape index (κ2) is 9.91. The van der Waals surface area contributed by atoms with Gasteiger partial charge in [0.1, 0.15) is 59.1 Å². The van der Waals surface area contributed by atoms with Crippen molar-refractivity contribution in [2.45, 2.75) is 56.6 Å². The molecule has 2 aliphatic rings. The van der Waals surface area contributed by atoms with Crippen molar-refractivity contribution >= 4 is 11.8 Å². The van der Waals surface area contributed by atoms with Crippen molar-refractivity contribution in [2.24, 2.45) is 0 Å². The Morgan fingerprint density at radius 2 is 1.72 bits per heavy atom. The van der Waals surface area contributed by atoms with Crippen LogP contribution in [-0.4, -0.2) is 90.9 Å². The topological polar surface area (TPSA) is 203 Å². The van der Waals surface area contributed by atoms with Crippen LogP contribution in [0.25, 0.3) is 0 Å². The van der Waals surface area contributed by atoms with E-state index < -0.39 is 60.9 Å². The van der Waals surface area contributed by atoms with Crippen LogP contribution >= 0.6 is 0 Å². The van der Waals surface area contributed by atoms with Crippen LogP contribution in [0.5, 0.6) is 23.0 Å². The van der Waals surface area contributed by atoms with Gasteiger partial charge in [-0.1, -0.05) is 0 Å². The van der Waals surface area contributed by atoms with Gasteiger partial charge in [-0.25, -0.2) is 4.79 Å². The molecule has 0 radical (unpaired) electrons. The molecule has 2 aromatic carbocycles. The normalized spacial score (nSPS) is 27.8. The zero-order chi connectivity index (χ0) is 26.3. The first-order chi connectivity index (χ1) is 17.0. The van der Waals surface area contributed by atoms with Gasteiger partial charge < -0.3 is 50.0 Å². The Hall–Kier alpha value is -3.42. The molecule has 12 heteroatoms. The summed E-state index contributed by atoms with van der Waals surface area (Å²) in [5.74, 6) is -2.52. The summed E-state index contributed by atoms with van der Waals surface area (Å²) >= 11 is 0. The summed E-state index contributed by atoms with van der Waals surface area (Å²) in [5, 5.41) is 69.7. The van der Waals surface area contributed by atoms with Crippen molar-refractivity contribution in [3.8, 4) is 23.0 Å². The van der Waals surface area contributed by atoms with E-state index in [9.17, 15) is 45.3 Å². The van der Waals surface area contributed by atoms with Gasteiger partial charge in [0.25, 0.3) is 0 Å². The SMILES string of the molecule is CC(=O)c1c(C[C@@H]2Cc3cc(O)cc(O)c3C(=O)O2)cc(O)cc1O[C@@H]1O[C@H](CO)[C@@H](O)[C@H](O)[C@H]1O. The highest BCUT2D eigenvalue weighted by molar-refractivity contribution is 5.99. The van der Waals surface area contributed by atoms with Crippen LogP contribution in [0.4, 0.5) is 0 Å². The van der Waals surface area contributed by atoms with E-state index in [2.05, 4.69) is 0 Å². The lowest BCUT2D eigenvalue weighted by Crippen LogP contribution is -2.60. The van der Waals surface area contributed by atoms with E-state index in [1.165, 1.54) is 19.1 Å². The first-order valence-electron chi connectivity index (χ1n) is 11.1. The van der Waals surface area contributed by atoms with Gasteiger partial charge in [0.15, 0.2) is 5.78 Å². The fourth-order valence-corrected chi connectivity index (χ4v) is 4.52. The van der Waals surface area contributed by atoms with Crippen molar-refractivity contribution in [1.82, 2.24) is 0 Å². The smallest absolute Gasteiger partial charge is 0.342 e. The highest BCUT2D eigenvalue weighted by Gasteiger charge is 2.45. The first kappa shape index (κ1) is 25.7. The maximum atomic E-state index is 12.6. The fraction of sp³-hybridized carbons (Fsp3) is 0.417. The number of hydrogen-bond donors (Lipinski definition) is 7. The molecule has 0 unspecified atom stereocenters. The van der Waals surface area contributed by atoms with E-state index >= 15 is 0 Å². The average molecular weight is 506 g/mol. The Morgan fingerprint density at radius 3 is 2.39 bits per heavy atom. The van der Waals surface area contributed by atoms with Gasteiger partial charge in [-0.2, -0.15) is 0 Å². The molecule has 2 heterocycles. The summed E-state index contributed by atoms with van der Waals surface area (Å²) in [6, 6.07) is 4.72. The Kier molecular flexibility index (Phi) is 7.07. The number of rotatable bonds is 6. The van der Waals surface area contributed by atoms with Gasteiger partial charge in [0.05, 0.1) is 12.2 Å². The number of aliphatic hydroxyl groups is 4. The molecule has 0 saturated carbocycles. The van der Waals surface area contributed by atoms with E-state index in [4.69, 9.17) is 14.2 Å². The van der Waals surface area contributed by atoms with E-state index in [-0.39, 0.29) is 46.8 Å². The minimum absolute atomic E-state index is 0.0228. The molecule has 0 spiro atoms. The second-order valence-electron chi connectivity index (χ2n) is 8.78. The summed E-state index contributed by atoms with van der Waals surface area (Å²) in [7, 11) is 0. The third-order valence-corrected chi connectivity index (χ3v) is 6.17. The third kappa shape index (κ3) is 4.81. The molecule has 1 fully saturated rings. The molecular weight excluding hydrogens is 480 g/mol. The third-order valence-electron chi connectivity index (χ3n) is 6.17. The van der Waals surface area contributed by atoms with Gasteiger partial charge in [-0.15, -0.1) is 0 Å². The van der Waals surface area contributed by atoms with Crippen LogP contribution in [0.15, 0.2) is 24.3 Å². The number of esters is 1. The maximum Gasteiger partial charge on any atom is 0.342 e. The van der Waals surface area contributed by atoms with E-state index in [0.29, 0.717) is 5.56 Å². The van der Waals surface area contributed by atoms with Crippen LogP contribution < -0.4 is 4.74 Å². The zero-order valence-electron chi connectivity index (χ0n) is 19.1. The summed E-state index contributed by atoms with van der Waals surface area (Å²) < 4.78 is 16.4. The monoisotopic (exact) mass is 506 g/mol. The van der Waals surface area contributed by atoms with Crippen molar-refractivity contribution in [3.05, 3.63) is 46.5 Å². The lowest BCUT2D eigenvalue weighted by Gasteiger charge is -2.39. The fourth-order valence-electron chi connectivity index (χ4n) is 4.52. The summed E-state index contributed by atoms with van der Waals surface area (Å²) in [4.78, 5) is 25.1. The van der Waals surface area contributed by atoms with E-state index in [1.807, 2.05) is 0 Å². The molecule has 6 atom stereocenters. The number of phenols is 3. The highest BCUT2D eigenvalue weighted by Crippen LogP contribution is 2.36. The van der Waals surface area contributed by atoms with Crippen LogP contribution in [-0.2, 0) is 22.3 Å². The molecule has 2 aliphatic heterocycles. The van der Waals surface area contributed by atoms with Gasteiger partial charge >= 0.3 is 5.97 Å². The Bertz CT molecular complexity index is 1180. The lowest BCUT2D eigenvalue weighted by atomic mass is 9.91. The molecule has 0 aromatic heterocycles. The summed E-state index contributed by atoms with van der Waals surface area (Å²) in [5.41, 5.74) is 0.479. The first-order valence-corrected chi connectivity index (χ1v) is 11.1. The highest BCUT2D eigenvalue weighted by atomic mass is 16.7. The number of Topliss-reactive ketones (excluding diaryl/α,β-unsaturated/α-hetero) is 1. The Morgan fingerprint density at radius 1 is 1.03 bits per heavy atom. The molecule has 0 amide bonds. The molecule has 7 N–H and O–H groups in total. The van der Waals surface area contributed by atoms with Crippen LogP contribution in [0.3, 0.4) is 0 Å². The van der Waals surface area contributed by atoms with Gasteiger partial charge in [-0.05, 0) is 30.2 Å². The van der Waals surface area contributed by atoms with E-state index in [1.54, 1.807) is 0 Å². The quantitative estimate of drug-likeness (QED) is 0.196. The number of ketones is 1. The van der Waals surface area contributed by atoms with Crippen LogP contribution in [0.1, 0.15) is 38.8 Å². The summed E-state index contributed by atoms with van der Waals surface area (Å²) in [6.45, 7) is 0.545. The van der Waals surface area contributed by atoms with E-state index in [0.717, 1.165) is 12.1 Å². The summed E-state index contributed by atoms with van der Waals surface area (Å²) in [6.07, 6.45) is -8.71. The lowest BCUT2D eigenvalue weighted by molar-refractivity contribution is -0.277. The Labute approximate surface area is 204 Å². The number of phenolic OH excluding ortho intramolecular Hbond substituents is 3. The van der Waals surface area contributed by atoms with Crippen molar-refractivity contribution in [3.63, 3.8) is 0 Å². The number of aromatic hydroxyl groups is 3. The van der Waals surface area contributed by atoms with Crippen molar-refractivity contribution in [1.29, 1.82) is 0 Å². The van der Waals surface area contributed by atoms with Crippen LogP contribution in [0.2, 0.25) is 0 Å². The number of carbonyl (C=O) groups is 2. The molecule has 0 bridgehead atoms. The standard InChI is InChI=1S/C24H26O12/c1-9(26)18-10(4-14-5-11-3-12(27)6-15(29)19(11)23(33)34-14)2-13(28)7-16(18)35-24-22(32)21(31)20(30)17(8-25)36-24/h2-3,6-7,14,17,20-22,24-25,27-32H,4-5,8H2,1H3/t14-,17-,20-,21+,22-,24-/m1/s1. The molecule has 36 heavy (non-hydrogen) atoms. The molecule has 0 aliphatic carbocycles. The maximum absolute atomic E-state index is 12.6. The largest absolute Gasteiger partial charge is 0.508 e. The number of aliphatic hydroxyl groups excluding tert-OH is 4. The minimum Gasteiger partial charge on any atom is -0.508 e. The van der Waals surface area contributed by atoms with Crippen LogP contribution in [0, 0.1) is 0 Å². The molecular formula is C24H26O12. The number of benzene rings is 2. The molecule has 4 rings (SSSR count). The molecule has 194 valence electrons. The number of carbonyl (C=O) groups excluding carboxylic acids is 2. The van der Waals surface area contributed by atoms with Gasteiger partial charge in [-0.3, -0.25) is 4.79 Å². The predicted molar refractivity (Wildman–Crippen MR) is 119 cm³/mol. The molecule has 12 nitrogen and oxygen atoms in total. The van der Waals surface area contributed by atoms with Gasteiger partial charge in [0, 0.05) is 25.0 Å². The van der Waals surface area contributed by atoms with Gasteiger partial charge in [0.2, 0.25) is 6.29 Å². The predicted octanol–water partition coefficient (Wildman–Crippen LogP) is -0.491. The van der Waals surface area contributed by atoms with Crippen molar-refractivity contribution < 1.29 is 59.5 Å². The number of cyclic esters (lactones) is 1. The molecule has 2 aromatic rings.